The molecule has 0 saturated heterocycles. The Morgan fingerprint density at radius 3 is 2.63 bits per heavy atom. The summed E-state index contributed by atoms with van der Waals surface area (Å²) < 4.78 is 16.5. The van der Waals surface area contributed by atoms with Crippen LogP contribution in [0.15, 0.2) is 56.1 Å². The molecule has 4 aromatic rings. The molecule has 0 fully saturated rings. The van der Waals surface area contributed by atoms with Crippen molar-refractivity contribution in [3.63, 3.8) is 0 Å². The number of nitrogens with zero attached hydrogens (tertiary/aromatic N) is 3. The Balaban J connectivity index is 1.50. The van der Waals surface area contributed by atoms with Crippen molar-refractivity contribution in [1.29, 1.82) is 0 Å². The molecule has 35 heavy (non-hydrogen) atoms. The van der Waals surface area contributed by atoms with E-state index in [9.17, 15) is 9.59 Å². The minimum Gasteiger partial charge on any atom is -0.497 e. The van der Waals surface area contributed by atoms with Crippen molar-refractivity contribution < 1.29 is 18.4 Å². The smallest absolute Gasteiger partial charge is 0.339 e. The zero-order valence-electron chi connectivity index (χ0n) is 20.0. The molecule has 2 heterocycles. The van der Waals surface area contributed by atoms with Gasteiger partial charge in [-0.15, -0.1) is 10.2 Å². The van der Waals surface area contributed by atoms with Crippen molar-refractivity contribution >= 4 is 28.5 Å². The molecule has 0 radical (unpaired) electrons. The van der Waals surface area contributed by atoms with Crippen molar-refractivity contribution in [1.82, 2.24) is 15.1 Å². The number of aromatic nitrogens is 2. The van der Waals surface area contributed by atoms with Crippen LogP contribution in [0.2, 0.25) is 5.02 Å². The van der Waals surface area contributed by atoms with Gasteiger partial charge >= 0.3 is 5.63 Å². The molecule has 0 unspecified atom stereocenters. The Bertz CT molecular complexity index is 1430. The highest BCUT2D eigenvalue weighted by Gasteiger charge is 2.22. The Morgan fingerprint density at radius 1 is 1.14 bits per heavy atom. The Hall–Kier alpha value is -3.65. The number of hydrogen-bond acceptors (Lipinski definition) is 7. The van der Waals surface area contributed by atoms with Gasteiger partial charge in [0.15, 0.2) is 0 Å². The lowest BCUT2D eigenvalue weighted by molar-refractivity contribution is -0.133. The average molecular weight is 496 g/mol. The van der Waals surface area contributed by atoms with E-state index in [1.54, 1.807) is 30.2 Å². The number of benzene rings is 2. The second kappa shape index (κ2) is 10.3. The number of carbonyl (C=O) groups is 1. The number of halogens is 1. The highest BCUT2D eigenvalue weighted by Crippen LogP contribution is 2.27. The van der Waals surface area contributed by atoms with Gasteiger partial charge in [-0.3, -0.25) is 4.79 Å². The number of fused-ring (bicyclic) bond motifs is 1. The van der Waals surface area contributed by atoms with E-state index in [2.05, 4.69) is 10.2 Å². The molecular formula is C26H26ClN3O5. The standard InChI is InChI=1S/C26H26ClN3O5/c1-15(2)30(14-23-28-29-25(35-23)20-7-5-6-8-21(20)27)24(31)12-11-19-16(3)18-10-9-17(33-4)13-22(18)34-26(19)32/h5-10,13,15H,11-12,14H2,1-4H3. The summed E-state index contributed by atoms with van der Waals surface area (Å²) in [4.78, 5) is 27.4. The van der Waals surface area contributed by atoms with Crippen LogP contribution in [0.25, 0.3) is 22.4 Å². The first-order valence-corrected chi connectivity index (χ1v) is 11.6. The molecule has 0 aliphatic heterocycles. The fraction of sp³-hybridized carbons (Fsp3) is 0.308. The molecule has 1 amide bonds. The molecule has 8 nitrogen and oxygen atoms in total. The quantitative estimate of drug-likeness (QED) is 0.310. The molecule has 2 aromatic heterocycles. The van der Waals surface area contributed by atoms with Crippen LogP contribution < -0.4 is 10.4 Å². The number of methoxy groups -OCH3 is 1. The summed E-state index contributed by atoms with van der Waals surface area (Å²) in [7, 11) is 1.55. The van der Waals surface area contributed by atoms with Crippen molar-refractivity contribution in [3.05, 3.63) is 74.9 Å². The van der Waals surface area contributed by atoms with E-state index in [0.29, 0.717) is 39.3 Å². The summed E-state index contributed by atoms with van der Waals surface area (Å²) in [5.74, 6) is 1.07. The van der Waals surface area contributed by atoms with Gasteiger partial charge in [-0.05, 0) is 57.0 Å². The SMILES string of the molecule is COc1ccc2c(C)c(CCC(=O)N(Cc3nnc(-c4ccccc4Cl)o3)C(C)C)c(=O)oc2c1. The number of amides is 1. The van der Waals surface area contributed by atoms with Gasteiger partial charge in [-0.2, -0.15) is 0 Å². The molecule has 0 atom stereocenters. The van der Waals surface area contributed by atoms with Crippen LogP contribution in [-0.4, -0.2) is 34.2 Å². The third-order valence-electron chi connectivity index (χ3n) is 5.90. The summed E-state index contributed by atoms with van der Waals surface area (Å²) in [6, 6.07) is 12.4. The van der Waals surface area contributed by atoms with E-state index in [4.69, 9.17) is 25.2 Å². The van der Waals surface area contributed by atoms with Gasteiger partial charge in [0.25, 0.3) is 0 Å². The van der Waals surface area contributed by atoms with Crippen LogP contribution in [0.1, 0.15) is 37.3 Å². The van der Waals surface area contributed by atoms with Crippen LogP contribution in [0.4, 0.5) is 0 Å². The van der Waals surface area contributed by atoms with E-state index >= 15 is 0 Å². The third kappa shape index (κ3) is 5.22. The zero-order valence-corrected chi connectivity index (χ0v) is 20.8. The normalized spacial score (nSPS) is 11.3. The van der Waals surface area contributed by atoms with Gasteiger partial charge < -0.3 is 18.5 Å². The van der Waals surface area contributed by atoms with Gasteiger partial charge in [0.05, 0.1) is 24.2 Å². The number of rotatable bonds is 8. The fourth-order valence-corrected chi connectivity index (χ4v) is 4.15. The number of aryl methyl sites for hydroxylation is 1. The topological polar surface area (TPSA) is 98.7 Å². The molecule has 9 heteroatoms. The van der Waals surface area contributed by atoms with Crippen LogP contribution in [-0.2, 0) is 17.8 Å². The second-order valence-electron chi connectivity index (χ2n) is 8.45. The van der Waals surface area contributed by atoms with Gasteiger partial charge in [-0.1, -0.05) is 23.7 Å². The molecule has 0 spiro atoms. The summed E-state index contributed by atoms with van der Waals surface area (Å²) in [6.07, 6.45) is 0.393. The molecule has 0 aliphatic rings. The molecule has 0 aliphatic carbocycles. The number of carbonyl (C=O) groups excluding carboxylic acids is 1. The lowest BCUT2D eigenvalue weighted by Crippen LogP contribution is -2.36. The fourth-order valence-electron chi connectivity index (χ4n) is 3.93. The van der Waals surface area contributed by atoms with E-state index in [1.807, 2.05) is 45.0 Å². The number of hydrogen-bond donors (Lipinski definition) is 0. The summed E-state index contributed by atoms with van der Waals surface area (Å²) in [5.41, 5.74) is 1.92. The van der Waals surface area contributed by atoms with Gasteiger partial charge in [0, 0.05) is 29.5 Å². The van der Waals surface area contributed by atoms with Crippen LogP contribution >= 0.6 is 11.6 Å². The average Bonchev–Trinajstić information content (AvgIpc) is 3.30. The maximum absolute atomic E-state index is 13.1. The summed E-state index contributed by atoms with van der Waals surface area (Å²) >= 11 is 6.22. The maximum Gasteiger partial charge on any atom is 0.339 e. The van der Waals surface area contributed by atoms with Crippen molar-refractivity contribution in [2.24, 2.45) is 0 Å². The van der Waals surface area contributed by atoms with Crippen LogP contribution in [0.3, 0.4) is 0 Å². The molecule has 0 bridgehead atoms. The lowest BCUT2D eigenvalue weighted by atomic mass is 10.0. The van der Waals surface area contributed by atoms with Crippen LogP contribution in [0.5, 0.6) is 5.75 Å². The van der Waals surface area contributed by atoms with Crippen molar-refractivity contribution in [3.8, 4) is 17.2 Å². The first kappa shape index (κ1) is 24.5. The molecule has 4 rings (SSSR count). The third-order valence-corrected chi connectivity index (χ3v) is 6.23. The maximum atomic E-state index is 13.1. The highest BCUT2D eigenvalue weighted by atomic mass is 35.5. The van der Waals surface area contributed by atoms with Gasteiger partial charge in [0.1, 0.15) is 11.3 Å². The predicted molar refractivity (Wildman–Crippen MR) is 133 cm³/mol. The van der Waals surface area contributed by atoms with Gasteiger partial charge in [0.2, 0.25) is 17.7 Å². The largest absolute Gasteiger partial charge is 0.497 e. The van der Waals surface area contributed by atoms with Gasteiger partial charge in [-0.25, -0.2) is 4.79 Å². The van der Waals surface area contributed by atoms with E-state index in [0.717, 1.165) is 10.9 Å². The zero-order chi connectivity index (χ0) is 25.1. The Morgan fingerprint density at radius 2 is 1.91 bits per heavy atom. The molecule has 0 saturated carbocycles. The number of ether oxygens (including phenoxy) is 1. The molecular weight excluding hydrogens is 470 g/mol. The Labute approximate surface area is 207 Å². The second-order valence-corrected chi connectivity index (χ2v) is 8.86. The molecule has 0 N–H and O–H groups in total. The first-order valence-electron chi connectivity index (χ1n) is 11.3. The Kier molecular flexibility index (Phi) is 7.21. The van der Waals surface area contributed by atoms with E-state index < -0.39 is 5.63 Å². The van der Waals surface area contributed by atoms with Crippen LogP contribution in [0, 0.1) is 6.92 Å². The molecule has 2 aromatic carbocycles. The van der Waals surface area contributed by atoms with Crippen molar-refractivity contribution in [2.45, 2.75) is 46.2 Å². The lowest BCUT2D eigenvalue weighted by Gasteiger charge is -2.25. The van der Waals surface area contributed by atoms with Crippen molar-refractivity contribution in [2.75, 3.05) is 7.11 Å². The van der Waals surface area contributed by atoms with E-state index in [1.165, 1.54) is 0 Å². The summed E-state index contributed by atoms with van der Waals surface area (Å²) in [5, 5.41) is 9.48. The van der Waals surface area contributed by atoms with E-state index in [-0.39, 0.29) is 31.3 Å². The monoisotopic (exact) mass is 495 g/mol. The summed E-state index contributed by atoms with van der Waals surface area (Å²) in [6.45, 7) is 5.83. The molecule has 182 valence electrons. The first-order chi connectivity index (χ1) is 16.8. The highest BCUT2D eigenvalue weighted by molar-refractivity contribution is 6.33. The minimum absolute atomic E-state index is 0.111. The predicted octanol–water partition coefficient (Wildman–Crippen LogP) is 5.18. The minimum atomic E-state index is -0.451.